The quantitative estimate of drug-likeness (QED) is 0.788. The second kappa shape index (κ2) is 4.43. The number of aliphatic hydroxyl groups is 1. The minimum absolute atomic E-state index is 0.231. The third-order valence-electron chi connectivity index (χ3n) is 1.85. The maximum Gasteiger partial charge on any atom is 0.137 e. The first-order valence-corrected chi connectivity index (χ1v) is 4.73. The lowest BCUT2D eigenvalue weighted by Crippen LogP contribution is -2.11. The number of alkyl halides is 2. The molecule has 0 amide bonds. The van der Waals surface area contributed by atoms with Crippen LogP contribution >= 0.6 is 23.2 Å². The fourth-order valence-electron chi connectivity index (χ4n) is 1.08. The van der Waals surface area contributed by atoms with Crippen molar-refractivity contribution in [1.29, 1.82) is 0 Å². The van der Waals surface area contributed by atoms with Crippen LogP contribution in [0.2, 0.25) is 0 Å². The highest BCUT2D eigenvalue weighted by Crippen LogP contribution is 2.29. The van der Waals surface area contributed by atoms with Gasteiger partial charge in [0.25, 0.3) is 0 Å². The van der Waals surface area contributed by atoms with Gasteiger partial charge in [0.15, 0.2) is 0 Å². The Balaban J connectivity index is 3.25. The molecular weight excluding hydrogens is 233 g/mol. The summed E-state index contributed by atoms with van der Waals surface area (Å²) in [5.41, 5.74) is -0.255. The number of aryl methyl sites for hydroxylation is 1. The third-order valence-corrected chi connectivity index (χ3v) is 2.33. The largest absolute Gasteiger partial charge is 0.385 e. The van der Waals surface area contributed by atoms with Gasteiger partial charge in [0.2, 0.25) is 0 Å². The molecule has 1 aromatic rings. The highest BCUT2D eigenvalue weighted by Gasteiger charge is 2.24. The highest BCUT2D eigenvalue weighted by atomic mass is 35.5. The first-order chi connectivity index (χ1) is 6.45. The van der Waals surface area contributed by atoms with Gasteiger partial charge in [-0.15, -0.1) is 23.2 Å². The van der Waals surface area contributed by atoms with Crippen LogP contribution in [0, 0.1) is 18.6 Å². The van der Waals surface area contributed by atoms with Gasteiger partial charge in [-0.05, 0) is 18.6 Å². The molecule has 1 aromatic carbocycles. The molecule has 0 radical (unpaired) electrons. The number of hydrogen-bond acceptors (Lipinski definition) is 1. The molecule has 14 heavy (non-hydrogen) atoms. The second-order valence-corrected chi connectivity index (χ2v) is 4.04. The lowest BCUT2D eigenvalue weighted by atomic mass is 10.1. The molecule has 0 aliphatic heterocycles. The summed E-state index contributed by atoms with van der Waals surface area (Å²) in [7, 11) is 0. The normalized spacial score (nSPS) is 13.4. The van der Waals surface area contributed by atoms with E-state index in [-0.39, 0.29) is 5.56 Å². The van der Waals surface area contributed by atoms with E-state index in [1.54, 1.807) is 0 Å². The van der Waals surface area contributed by atoms with Crippen LogP contribution in [0.3, 0.4) is 0 Å². The Morgan fingerprint density at radius 2 is 1.86 bits per heavy atom. The van der Waals surface area contributed by atoms with Crippen molar-refractivity contribution < 1.29 is 13.9 Å². The summed E-state index contributed by atoms with van der Waals surface area (Å²) in [4.78, 5) is -1.26. The SMILES string of the molecule is Cc1ccc(F)c(C(O)C(Cl)Cl)c1F. The molecule has 1 N–H and O–H groups in total. The van der Waals surface area contributed by atoms with Gasteiger partial charge in [-0.1, -0.05) is 6.07 Å². The Labute approximate surface area is 90.3 Å². The zero-order valence-electron chi connectivity index (χ0n) is 7.27. The van der Waals surface area contributed by atoms with Gasteiger partial charge < -0.3 is 5.11 Å². The molecule has 0 fully saturated rings. The molecule has 0 heterocycles. The lowest BCUT2D eigenvalue weighted by molar-refractivity contribution is 0.182. The lowest BCUT2D eigenvalue weighted by Gasteiger charge is -2.14. The smallest absolute Gasteiger partial charge is 0.137 e. The summed E-state index contributed by atoms with van der Waals surface area (Å²) in [6.07, 6.45) is -1.56. The van der Waals surface area contributed by atoms with E-state index >= 15 is 0 Å². The van der Waals surface area contributed by atoms with E-state index in [2.05, 4.69) is 0 Å². The monoisotopic (exact) mass is 240 g/mol. The van der Waals surface area contributed by atoms with Gasteiger partial charge in [0.05, 0.1) is 5.56 Å². The number of benzene rings is 1. The molecule has 0 saturated heterocycles. The first-order valence-electron chi connectivity index (χ1n) is 3.86. The van der Waals surface area contributed by atoms with Crippen molar-refractivity contribution in [3.8, 4) is 0 Å². The molecule has 0 aromatic heterocycles. The number of hydrogen-bond donors (Lipinski definition) is 1. The molecule has 0 bridgehead atoms. The van der Waals surface area contributed by atoms with E-state index in [4.69, 9.17) is 23.2 Å². The predicted molar refractivity (Wildman–Crippen MR) is 51.5 cm³/mol. The summed E-state index contributed by atoms with van der Waals surface area (Å²) >= 11 is 10.7. The molecule has 1 rings (SSSR count). The zero-order valence-corrected chi connectivity index (χ0v) is 8.78. The van der Waals surface area contributed by atoms with Crippen molar-refractivity contribution in [2.45, 2.75) is 17.9 Å². The van der Waals surface area contributed by atoms with E-state index in [0.29, 0.717) is 0 Å². The Bertz CT molecular complexity index is 342. The standard InChI is InChI=1S/C9H8Cl2F2O/c1-4-2-3-5(12)6(7(4)13)8(14)9(10)11/h2-3,8-9,14H,1H3. The van der Waals surface area contributed by atoms with Crippen molar-refractivity contribution in [3.63, 3.8) is 0 Å². The Hall–Kier alpha value is -0.380. The fourth-order valence-corrected chi connectivity index (χ4v) is 1.33. The van der Waals surface area contributed by atoms with Crippen LogP contribution in [0.15, 0.2) is 12.1 Å². The van der Waals surface area contributed by atoms with E-state index in [1.165, 1.54) is 13.0 Å². The Morgan fingerprint density at radius 1 is 1.29 bits per heavy atom. The number of rotatable bonds is 2. The zero-order chi connectivity index (χ0) is 10.9. The van der Waals surface area contributed by atoms with Crippen molar-refractivity contribution in [2.24, 2.45) is 0 Å². The molecule has 1 atom stereocenters. The van der Waals surface area contributed by atoms with Crippen molar-refractivity contribution in [1.82, 2.24) is 0 Å². The molecule has 78 valence electrons. The van der Waals surface area contributed by atoms with Crippen molar-refractivity contribution >= 4 is 23.2 Å². The molecular formula is C9H8Cl2F2O. The topological polar surface area (TPSA) is 20.2 Å². The van der Waals surface area contributed by atoms with Crippen LogP contribution in [0.1, 0.15) is 17.2 Å². The summed E-state index contributed by atoms with van der Waals surface area (Å²) in [5.74, 6) is -1.67. The minimum atomic E-state index is -1.56. The van der Waals surface area contributed by atoms with Gasteiger partial charge in [0, 0.05) is 0 Å². The Morgan fingerprint density at radius 3 is 2.36 bits per heavy atom. The fraction of sp³-hybridized carbons (Fsp3) is 0.333. The average molecular weight is 241 g/mol. The maximum absolute atomic E-state index is 13.4. The van der Waals surface area contributed by atoms with Gasteiger partial charge in [-0.25, -0.2) is 8.78 Å². The molecule has 0 spiro atoms. The van der Waals surface area contributed by atoms with E-state index in [9.17, 15) is 13.9 Å². The van der Waals surface area contributed by atoms with Gasteiger partial charge in [0.1, 0.15) is 22.6 Å². The van der Waals surface area contributed by atoms with Crippen molar-refractivity contribution in [3.05, 3.63) is 34.9 Å². The van der Waals surface area contributed by atoms with E-state index in [0.717, 1.165) is 6.07 Å². The molecule has 0 saturated carbocycles. The second-order valence-electron chi connectivity index (χ2n) is 2.87. The van der Waals surface area contributed by atoms with Gasteiger partial charge >= 0.3 is 0 Å². The predicted octanol–water partition coefficient (Wildman–Crippen LogP) is 3.11. The molecule has 0 aliphatic carbocycles. The highest BCUT2D eigenvalue weighted by molar-refractivity contribution is 6.44. The molecule has 1 nitrogen and oxygen atoms in total. The Kier molecular flexibility index (Phi) is 3.70. The summed E-state index contributed by atoms with van der Waals surface area (Å²) in [5, 5.41) is 9.34. The van der Waals surface area contributed by atoms with Crippen LogP contribution in [0.5, 0.6) is 0 Å². The molecule has 5 heteroatoms. The van der Waals surface area contributed by atoms with E-state index in [1.807, 2.05) is 0 Å². The minimum Gasteiger partial charge on any atom is -0.385 e. The van der Waals surface area contributed by atoms with Crippen LogP contribution in [-0.4, -0.2) is 9.94 Å². The number of halogens is 4. The van der Waals surface area contributed by atoms with Crippen LogP contribution in [0.4, 0.5) is 8.78 Å². The summed E-state index contributed by atoms with van der Waals surface area (Å²) < 4.78 is 26.5. The van der Waals surface area contributed by atoms with Gasteiger partial charge in [-0.3, -0.25) is 0 Å². The first kappa shape index (κ1) is 11.7. The third kappa shape index (κ3) is 2.16. The average Bonchev–Trinajstić information content (AvgIpc) is 2.12. The summed E-state index contributed by atoms with van der Waals surface area (Å²) in [6.45, 7) is 1.46. The number of aliphatic hydroxyl groups excluding tert-OH is 1. The van der Waals surface area contributed by atoms with E-state index < -0.39 is 28.1 Å². The summed E-state index contributed by atoms with van der Waals surface area (Å²) in [6, 6.07) is 2.34. The van der Waals surface area contributed by atoms with Gasteiger partial charge in [-0.2, -0.15) is 0 Å². The molecule has 1 unspecified atom stereocenters. The van der Waals surface area contributed by atoms with Crippen LogP contribution in [0.25, 0.3) is 0 Å². The molecule has 0 aliphatic rings. The van der Waals surface area contributed by atoms with Crippen molar-refractivity contribution in [2.75, 3.05) is 0 Å². The maximum atomic E-state index is 13.4. The van der Waals surface area contributed by atoms with Crippen LogP contribution in [-0.2, 0) is 0 Å². The van der Waals surface area contributed by atoms with Crippen LogP contribution < -0.4 is 0 Å².